The van der Waals surface area contributed by atoms with Gasteiger partial charge in [0.25, 0.3) is 5.91 Å². The second-order valence-corrected chi connectivity index (χ2v) is 4.56. The molecule has 116 valence electrons. The molecule has 0 atom stereocenters. The fourth-order valence-corrected chi connectivity index (χ4v) is 1.89. The SMILES string of the molecule is COc1ccc(C=O)cc1OCC(=O)Nc1cccc(C#N)c1. The van der Waals surface area contributed by atoms with Crippen LogP contribution in [0.2, 0.25) is 0 Å². The standard InChI is InChI=1S/C17H14N2O4/c1-22-15-6-5-13(10-20)8-16(15)23-11-17(21)19-14-4-2-3-12(7-14)9-18/h2-8,10H,11H2,1H3,(H,19,21). The molecule has 0 aromatic heterocycles. The maximum atomic E-state index is 11.9. The third-order valence-corrected chi connectivity index (χ3v) is 2.96. The average Bonchev–Trinajstić information content (AvgIpc) is 2.59. The minimum Gasteiger partial charge on any atom is -0.493 e. The highest BCUT2D eigenvalue weighted by Crippen LogP contribution is 2.27. The van der Waals surface area contributed by atoms with Gasteiger partial charge in [-0.25, -0.2) is 0 Å². The summed E-state index contributed by atoms with van der Waals surface area (Å²) in [5, 5.41) is 11.5. The molecule has 0 saturated carbocycles. The van der Waals surface area contributed by atoms with Crippen molar-refractivity contribution < 1.29 is 19.1 Å². The van der Waals surface area contributed by atoms with Crippen LogP contribution in [-0.4, -0.2) is 25.9 Å². The van der Waals surface area contributed by atoms with Gasteiger partial charge in [-0.1, -0.05) is 6.07 Å². The van der Waals surface area contributed by atoms with Gasteiger partial charge in [0.15, 0.2) is 18.1 Å². The summed E-state index contributed by atoms with van der Waals surface area (Å²) in [5.41, 5.74) is 1.37. The molecule has 0 aliphatic heterocycles. The van der Waals surface area contributed by atoms with Crippen LogP contribution in [0.3, 0.4) is 0 Å². The molecule has 1 amide bonds. The number of nitriles is 1. The van der Waals surface area contributed by atoms with Crippen molar-refractivity contribution in [1.82, 2.24) is 0 Å². The molecule has 23 heavy (non-hydrogen) atoms. The van der Waals surface area contributed by atoms with Crippen LogP contribution in [0.25, 0.3) is 0 Å². The summed E-state index contributed by atoms with van der Waals surface area (Å²) >= 11 is 0. The van der Waals surface area contributed by atoms with Crippen molar-refractivity contribution in [1.29, 1.82) is 5.26 Å². The zero-order valence-electron chi connectivity index (χ0n) is 12.4. The molecule has 2 rings (SSSR count). The molecule has 2 aromatic rings. The van der Waals surface area contributed by atoms with Crippen molar-refractivity contribution in [3.8, 4) is 17.6 Å². The number of rotatable bonds is 6. The highest BCUT2D eigenvalue weighted by atomic mass is 16.5. The van der Waals surface area contributed by atoms with Gasteiger partial charge in [-0.3, -0.25) is 9.59 Å². The first-order valence-corrected chi connectivity index (χ1v) is 6.72. The molecule has 0 unspecified atom stereocenters. The maximum absolute atomic E-state index is 11.9. The number of aldehydes is 1. The van der Waals surface area contributed by atoms with Crippen molar-refractivity contribution in [3.05, 3.63) is 53.6 Å². The van der Waals surface area contributed by atoms with E-state index in [0.29, 0.717) is 34.6 Å². The van der Waals surface area contributed by atoms with E-state index in [2.05, 4.69) is 5.32 Å². The quantitative estimate of drug-likeness (QED) is 0.828. The van der Waals surface area contributed by atoms with E-state index in [1.54, 1.807) is 36.4 Å². The lowest BCUT2D eigenvalue weighted by Crippen LogP contribution is -2.20. The van der Waals surface area contributed by atoms with Crippen LogP contribution in [-0.2, 0) is 4.79 Å². The van der Waals surface area contributed by atoms with Crippen molar-refractivity contribution in [2.24, 2.45) is 0 Å². The third kappa shape index (κ3) is 4.32. The summed E-state index contributed by atoms with van der Waals surface area (Å²) < 4.78 is 10.5. The second kappa shape index (κ2) is 7.61. The van der Waals surface area contributed by atoms with Crippen molar-refractivity contribution in [2.45, 2.75) is 0 Å². The molecule has 0 fully saturated rings. The normalized spacial score (nSPS) is 9.57. The molecule has 1 N–H and O–H groups in total. The summed E-state index contributed by atoms with van der Waals surface area (Å²) in [5.74, 6) is 0.339. The molecule has 0 aliphatic rings. The van der Waals surface area contributed by atoms with Crippen LogP contribution >= 0.6 is 0 Å². The Hall–Kier alpha value is -3.33. The van der Waals surface area contributed by atoms with Gasteiger partial charge in [0.05, 0.1) is 18.7 Å². The number of carbonyl (C=O) groups excluding carboxylic acids is 2. The summed E-state index contributed by atoms with van der Waals surface area (Å²) in [6.07, 6.45) is 0.680. The van der Waals surface area contributed by atoms with Crippen LogP contribution < -0.4 is 14.8 Å². The van der Waals surface area contributed by atoms with Gasteiger partial charge in [-0.15, -0.1) is 0 Å². The van der Waals surface area contributed by atoms with Gasteiger partial charge in [0.2, 0.25) is 0 Å². The number of anilines is 1. The van der Waals surface area contributed by atoms with E-state index in [-0.39, 0.29) is 6.61 Å². The van der Waals surface area contributed by atoms with E-state index >= 15 is 0 Å². The first-order chi connectivity index (χ1) is 11.2. The van der Waals surface area contributed by atoms with Crippen LogP contribution in [0.1, 0.15) is 15.9 Å². The number of nitrogens with one attached hydrogen (secondary N) is 1. The van der Waals surface area contributed by atoms with Gasteiger partial charge < -0.3 is 14.8 Å². The monoisotopic (exact) mass is 310 g/mol. The molecule has 0 radical (unpaired) electrons. The van der Waals surface area contributed by atoms with Gasteiger partial charge in [-0.05, 0) is 36.4 Å². The fourth-order valence-electron chi connectivity index (χ4n) is 1.89. The molecular formula is C17H14N2O4. The smallest absolute Gasteiger partial charge is 0.262 e. The van der Waals surface area contributed by atoms with Crippen molar-refractivity contribution in [3.63, 3.8) is 0 Å². The number of nitrogens with zero attached hydrogens (tertiary/aromatic N) is 1. The molecular weight excluding hydrogens is 296 g/mol. The summed E-state index contributed by atoms with van der Waals surface area (Å²) in [4.78, 5) is 22.7. The Morgan fingerprint density at radius 2 is 2.09 bits per heavy atom. The van der Waals surface area contributed by atoms with E-state index in [1.807, 2.05) is 6.07 Å². The number of hydrogen-bond donors (Lipinski definition) is 1. The Balaban J connectivity index is 2.01. The highest BCUT2D eigenvalue weighted by Gasteiger charge is 2.09. The minimum absolute atomic E-state index is 0.255. The first kappa shape index (κ1) is 16.0. The summed E-state index contributed by atoms with van der Waals surface area (Å²) in [6, 6.07) is 13.2. The van der Waals surface area contributed by atoms with E-state index in [4.69, 9.17) is 14.7 Å². The Morgan fingerprint density at radius 1 is 1.26 bits per heavy atom. The number of ether oxygens (including phenoxy) is 2. The van der Waals surface area contributed by atoms with E-state index in [0.717, 1.165) is 0 Å². The Bertz CT molecular complexity index is 765. The van der Waals surface area contributed by atoms with Gasteiger partial charge in [-0.2, -0.15) is 5.26 Å². The maximum Gasteiger partial charge on any atom is 0.262 e. The zero-order chi connectivity index (χ0) is 16.7. The summed E-state index contributed by atoms with van der Waals surface area (Å²) in [7, 11) is 1.47. The van der Waals surface area contributed by atoms with Crippen LogP contribution in [0.5, 0.6) is 11.5 Å². The highest BCUT2D eigenvalue weighted by molar-refractivity contribution is 5.92. The Morgan fingerprint density at radius 3 is 2.78 bits per heavy atom. The molecule has 0 spiro atoms. The molecule has 0 aliphatic carbocycles. The molecule has 6 nitrogen and oxygen atoms in total. The van der Waals surface area contributed by atoms with Crippen molar-refractivity contribution in [2.75, 3.05) is 19.0 Å². The zero-order valence-corrected chi connectivity index (χ0v) is 12.4. The predicted octanol–water partition coefficient (Wildman–Crippen LogP) is 2.40. The summed E-state index contributed by atoms with van der Waals surface area (Å²) in [6.45, 7) is -0.255. The fraction of sp³-hybridized carbons (Fsp3) is 0.118. The molecule has 0 saturated heterocycles. The third-order valence-electron chi connectivity index (χ3n) is 2.96. The second-order valence-electron chi connectivity index (χ2n) is 4.56. The van der Waals surface area contributed by atoms with Gasteiger partial charge in [0, 0.05) is 11.3 Å². The lowest BCUT2D eigenvalue weighted by Gasteiger charge is -2.11. The van der Waals surface area contributed by atoms with Crippen LogP contribution in [0.15, 0.2) is 42.5 Å². The predicted molar refractivity (Wildman–Crippen MR) is 83.7 cm³/mol. The largest absolute Gasteiger partial charge is 0.493 e. The molecule has 0 bridgehead atoms. The lowest BCUT2D eigenvalue weighted by molar-refractivity contribution is -0.118. The number of amides is 1. The average molecular weight is 310 g/mol. The van der Waals surface area contributed by atoms with Crippen molar-refractivity contribution >= 4 is 17.9 Å². The number of benzene rings is 2. The van der Waals surface area contributed by atoms with E-state index in [1.165, 1.54) is 13.2 Å². The van der Waals surface area contributed by atoms with Gasteiger partial charge >= 0.3 is 0 Å². The molecule has 2 aromatic carbocycles. The number of methoxy groups -OCH3 is 1. The molecule has 0 heterocycles. The number of hydrogen-bond acceptors (Lipinski definition) is 5. The van der Waals surface area contributed by atoms with E-state index in [9.17, 15) is 9.59 Å². The number of carbonyl (C=O) groups is 2. The Kier molecular flexibility index (Phi) is 5.31. The lowest BCUT2D eigenvalue weighted by atomic mass is 10.2. The minimum atomic E-state index is -0.390. The Labute approximate surface area is 133 Å². The first-order valence-electron chi connectivity index (χ1n) is 6.72. The topological polar surface area (TPSA) is 88.4 Å². The molecule has 6 heteroatoms. The van der Waals surface area contributed by atoms with Crippen LogP contribution in [0, 0.1) is 11.3 Å². The van der Waals surface area contributed by atoms with E-state index < -0.39 is 5.91 Å². The van der Waals surface area contributed by atoms with Gasteiger partial charge in [0.1, 0.15) is 6.29 Å². The van der Waals surface area contributed by atoms with Crippen LogP contribution in [0.4, 0.5) is 5.69 Å².